The maximum absolute atomic E-state index is 12.5. The normalized spacial score (nSPS) is 18.3. The molecule has 1 fully saturated rings. The second-order valence-electron chi connectivity index (χ2n) is 6.59. The van der Waals surface area contributed by atoms with Gasteiger partial charge in [-0.1, -0.05) is 42.5 Å². The molecule has 1 aliphatic heterocycles. The van der Waals surface area contributed by atoms with Crippen LogP contribution in [-0.4, -0.2) is 37.5 Å². The maximum Gasteiger partial charge on any atom is 0.222 e. The fourth-order valence-electron chi connectivity index (χ4n) is 3.55. The SMILES string of the molecule is CNCC1CCCN(C(=O)CCc2ccc3ccccc3c2)C1. The lowest BCUT2D eigenvalue weighted by Crippen LogP contribution is -2.42. The molecule has 1 N–H and O–H groups in total. The lowest BCUT2D eigenvalue weighted by Gasteiger charge is -2.32. The molecule has 2 aromatic carbocycles. The molecular formula is C20H26N2O. The molecule has 0 saturated carbocycles. The fraction of sp³-hybridized carbons (Fsp3) is 0.450. The van der Waals surface area contributed by atoms with Crippen LogP contribution in [0.4, 0.5) is 0 Å². The standard InChI is InChI=1S/C20H26N2O/c1-21-14-17-5-4-12-22(15-17)20(23)11-9-16-8-10-18-6-2-3-7-19(18)13-16/h2-3,6-8,10,13,17,21H,4-5,9,11-12,14-15H2,1H3. The van der Waals surface area contributed by atoms with Gasteiger partial charge in [0.25, 0.3) is 0 Å². The van der Waals surface area contributed by atoms with Crippen LogP contribution >= 0.6 is 0 Å². The Morgan fingerprint density at radius 3 is 2.87 bits per heavy atom. The summed E-state index contributed by atoms with van der Waals surface area (Å²) in [4.78, 5) is 14.6. The Kier molecular flexibility index (Phi) is 5.29. The quantitative estimate of drug-likeness (QED) is 0.919. The Morgan fingerprint density at radius 2 is 2.04 bits per heavy atom. The minimum Gasteiger partial charge on any atom is -0.342 e. The van der Waals surface area contributed by atoms with Crippen LogP contribution in [0.25, 0.3) is 10.8 Å². The summed E-state index contributed by atoms with van der Waals surface area (Å²) in [6, 6.07) is 14.9. The number of piperidine rings is 1. The van der Waals surface area contributed by atoms with Crippen molar-refractivity contribution >= 4 is 16.7 Å². The number of hydrogen-bond donors (Lipinski definition) is 1. The summed E-state index contributed by atoms with van der Waals surface area (Å²) >= 11 is 0. The van der Waals surface area contributed by atoms with Crippen LogP contribution in [-0.2, 0) is 11.2 Å². The molecule has 2 aromatic rings. The van der Waals surface area contributed by atoms with Crippen molar-refractivity contribution in [2.75, 3.05) is 26.7 Å². The van der Waals surface area contributed by atoms with Crippen LogP contribution in [0.1, 0.15) is 24.8 Å². The molecule has 1 unspecified atom stereocenters. The summed E-state index contributed by atoms with van der Waals surface area (Å²) in [6.45, 7) is 2.85. The highest BCUT2D eigenvalue weighted by Crippen LogP contribution is 2.19. The predicted octanol–water partition coefficient (Wildman–Crippen LogP) is 3.23. The van der Waals surface area contributed by atoms with Gasteiger partial charge in [-0.15, -0.1) is 0 Å². The van der Waals surface area contributed by atoms with E-state index in [9.17, 15) is 4.79 Å². The van der Waals surface area contributed by atoms with E-state index in [1.165, 1.54) is 22.8 Å². The highest BCUT2D eigenvalue weighted by atomic mass is 16.2. The van der Waals surface area contributed by atoms with Crippen molar-refractivity contribution in [1.82, 2.24) is 10.2 Å². The van der Waals surface area contributed by atoms with E-state index in [1.54, 1.807) is 0 Å². The number of likely N-dealkylation sites (tertiary alicyclic amines) is 1. The van der Waals surface area contributed by atoms with E-state index < -0.39 is 0 Å². The summed E-state index contributed by atoms with van der Waals surface area (Å²) < 4.78 is 0. The van der Waals surface area contributed by atoms with E-state index in [0.717, 1.165) is 32.5 Å². The number of hydrogen-bond acceptors (Lipinski definition) is 2. The lowest BCUT2D eigenvalue weighted by atomic mass is 9.97. The second-order valence-corrected chi connectivity index (χ2v) is 6.59. The summed E-state index contributed by atoms with van der Waals surface area (Å²) in [5, 5.41) is 5.75. The average Bonchev–Trinajstić information content (AvgIpc) is 2.60. The zero-order valence-electron chi connectivity index (χ0n) is 13.9. The summed E-state index contributed by atoms with van der Waals surface area (Å²) in [6.07, 6.45) is 3.81. The van der Waals surface area contributed by atoms with Gasteiger partial charge in [0.1, 0.15) is 0 Å². The molecule has 0 aliphatic carbocycles. The Labute approximate surface area is 138 Å². The third-order valence-electron chi connectivity index (χ3n) is 4.81. The third kappa shape index (κ3) is 4.11. The van der Waals surface area contributed by atoms with Gasteiger partial charge in [0.05, 0.1) is 0 Å². The van der Waals surface area contributed by atoms with Gasteiger partial charge in [-0.2, -0.15) is 0 Å². The summed E-state index contributed by atoms with van der Waals surface area (Å²) in [5.74, 6) is 0.914. The van der Waals surface area contributed by atoms with E-state index in [-0.39, 0.29) is 0 Å². The zero-order valence-corrected chi connectivity index (χ0v) is 13.9. The first-order valence-corrected chi connectivity index (χ1v) is 8.66. The molecule has 3 nitrogen and oxygen atoms in total. The molecule has 1 saturated heterocycles. The van der Waals surface area contributed by atoms with Gasteiger partial charge < -0.3 is 10.2 Å². The minimum atomic E-state index is 0.305. The van der Waals surface area contributed by atoms with Gasteiger partial charge in [0.2, 0.25) is 5.91 Å². The van der Waals surface area contributed by atoms with Crippen molar-refractivity contribution in [3.05, 3.63) is 48.0 Å². The molecule has 3 heteroatoms. The van der Waals surface area contributed by atoms with E-state index in [2.05, 4.69) is 52.7 Å². The molecule has 0 aromatic heterocycles. The molecule has 1 amide bonds. The van der Waals surface area contributed by atoms with E-state index in [1.807, 2.05) is 7.05 Å². The van der Waals surface area contributed by atoms with Crippen LogP contribution in [0.2, 0.25) is 0 Å². The number of carbonyl (C=O) groups excluding carboxylic acids is 1. The van der Waals surface area contributed by atoms with Crippen molar-refractivity contribution in [1.29, 1.82) is 0 Å². The predicted molar refractivity (Wildman–Crippen MR) is 95.5 cm³/mol. The van der Waals surface area contributed by atoms with Gasteiger partial charge in [-0.3, -0.25) is 4.79 Å². The number of carbonyl (C=O) groups is 1. The van der Waals surface area contributed by atoms with Gasteiger partial charge in [0, 0.05) is 19.5 Å². The lowest BCUT2D eigenvalue weighted by molar-refractivity contribution is -0.132. The topological polar surface area (TPSA) is 32.3 Å². The first kappa shape index (κ1) is 16.0. The monoisotopic (exact) mass is 310 g/mol. The van der Waals surface area contributed by atoms with Gasteiger partial charge in [0.15, 0.2) is 0 Å². The summed E-state index contributed by atoms with van der Waals surface area (Å²) in [5.41, 5.74) is 1.25. The van der Waals surface area contributed by atoms with Crippen LogP contribution in [0.5, 0.6) is 0 Å². The van der Waals surface area contributed by atoms with Gasteiger partial charge in [-0.25, -0.2) is 0 Å². The van der Waals surface area contributed by atoms with Crippen LogP contribution < -0.4 is 5.32 Å². The maximum atomic E-state index is 12.5. The van der Waals surface area contributed by atoms with Crippen molar-refractivity contribution < 1.29 is 4.79 Å². The van der Waals surface area contributed by atoms with Crippen LogP contribution in [0, 0.1) is 5.92 Å². The molecule has 0 bridgehead atoms. The van der Waals surface area contributed by atoms with Crippen molar-refractivity contribution in [2.45, 2.75) is 25.7 Å². The molecule has 0 spiro atoms. The molecule has 1 atom stereocenters. The van der Waals surface area contributed by atoms with E-state index >= 15 is 0 Å². The zero-order chi connectivity index (χ0) is 16.1. The number of rotatable bonds is 5. The van der Waals surface area contributed by atoms with E-state index in [4.69, 9.17) is 0 Å². The number of nitrogens with one attached hydrogen (secondary N) is 1. The number of amides is 1. The van der Waals surface area contributed by atoms with Gasteiger partial charge in [-0.05, 0) is 55.1 Å². The van der Waals surface area contributed by atoms with Gasteiger partial charge >= 0.3 is 0 Å². The van der Waals surface area contributed by atoms with Crippen molar-refractivity contribution in [2.24, 2.45) is 5.92 Å². The van der Waals surface area contributed by atoms with Crippen LogP contribution in [0.3, 0.4) is 0 Å². The molecule has 1 aliphatic rings. The largest absolute Gasteiger partial charge is 0.342 e. The number of aryl methyl sites for hydroxylation is 1. The minimum absolute atomic E-state index is 0.305. The molecule has 122 valence electrons. The third-order valence-corrected chi connectivity index (χ3v) is 4.81. The molecule has 1 heterocycles. The molecule has 0 radical (unpaired) electrons. The highest BCUT2D eigenvalue weighted by Gasteiger charge is 2.22. The van der Waals surface area contributed by atoms with Crippen LogP contribution in [0.15, 0.2) is 42.5 Å². The van der Waals surface area contributed by atoms with Crippen molar-refractivity contribution in [3.63, 3.8) is 0 Å². The Balaban J connectivity index is 1.57. The Bertz CT molecular complexity index is 665. The molecule has 23 heavy (non-hydrogen) atoms. The average molecular weight is 310 g/mol. The molecular weight excluding hydrogens is 284 g/mol. The first-order valence-electron chi connectivity index (χ1n) is 8.66. The smallest absolute Gasteiger partial charge is 0.222 e. The fourth-order valence-corrected chi connectivity index (χ4v) is 3.55. The Hall–Kier alpha value is -1.87. The second kappa shape index (κ2) is 7.60. The summed E-state index contributed by atoms with van der Waals surface area (Å²) in [7, 11) is 1.99. The molecule has 3 rings (SSSR count). The number of benzene rings is 2. The number of nitrogens with zero attached hydrogens (tertiary/aromatic N) is 1. The van der Waals surface area contributed by atoms with E-state index in [0.29, 0.717) is 18.2 Å². The highest BCUT2D eigenvalue weighted by molar-refractivity contribution is 5.83. The van der Waals surface area contributed by atoms with Crippen molar-refractivity contribution in [3.8, 4) is 0 Å². The first-order chi connectivity index (χ1) is 11.3. The Morgan fingerprint density at radius 1 is 1.22 bits per heavy atom. The number of fused-ring (bicyclic) bond motifs is 1.